The van der Waals surface area contributed by atoms with E-state index in [0.29, 0.717) is 12.4 Å². The quantitative estimate of drug-likeness (QED) is 0.698. The Balaban J connectivity index is 2.26. The maximum Gasteiger partial charge on any atom is 0.237 e. The molecule has 1 aliphatic heterocycles. The van der Waals surface area contributed by atoms with Crippen LogP contribution in [0.25, 0.3) is 0 Å². The fourth-order valence-electron chi connectivity index (χ4n) is 1.38. The van der Waals surface area contributed by atoms with Gasteiger partial charge in [0, 0.05) is 11.3 Å². The highest BCUT2D eigenvalue weighted by atomic mass is 32.1. The third-order valence-electron chi connectivity index (χ3n) is 2.32. The van der Waals surface area contributed by atoms with Crippen LogP contribution in [-0.2, 0) is 4.74 Å². The number of ketones is 1. The molecule has 3 heteroatoms. The normalized spacial score (nSPS) is 15.1. The zero-order valence-corrected chi connectivity index (χ0v) is 9.11. The second kappa shape index (κ2) is 3.58. The molecule has 0 aliphatic carbocycles. The Hall–Kier alpha value is -1.09. The van der Waals surface area contributed by atoms with Crippen LogP contribution in [0.1, 0.15) is 26.5 Å². The molecule has 14 heavy (non-hydrogen) atoms. The maximum atomic E-state index is 11.8. The van der Waals surface area contributed by atoms with E-state index in [1.54, 1.807) is 0 Å². The molecule has 0 spiro atoms. The summed E-state index contributed by atoms with van der Waals surface area (Å²) >= 11 is 1.54. The van der Waals surface area contributed by atoms with Crippen LogP contribution in [0, 0.1) is 13.8 Å². The summed E-state index contributed by atoms with van der Waals surface area (Å²) < 4.78 is 5.24. The molecule has 2 nitrogen and oxygen atoms in total. The van der Waals surface area contributed by atoms with Crippen LogP contribution in [0.15, 0.2) is 17.9 Å². The van der Waals surface area contributed by atoms with Gasteiger partial charge in [0.15, 0.2) is 5.76 Å². The fourth-order valence-corrected chi connectivity index (χ4v) is 2.36. The Kier molecular flexibility index (Phi) is 2.42. The zero-order valence-electron chi connectivity index (χ0n) is 8.29. The largest absolute Gasteiger partial charge is 0.489 e. The van der Waals surface area contributed by atoms with Gasteiger partial charge in [-0.1, -0.05) is 0 Å². The Bertz CT molecular complexity index is 382. The number of aryl methyl sites for hydroxylation is 2. The van der Waals surface area contributed by atoms with Crippen molar-refractivity contribution in [2.24, 2.45) is 0 Å². The second-order valence-electron chi connectivity index (χ2n) is 3.38. The number of hydrogen-bond donors (Lipinski definition) is 0. The molecule has 0 amide bonds. The third-order valence-corrected chi connectivity index (χ3v) is 3.47. The number of ether oxygens (including phenoxy) is 1. The number of thiophene rings is 1. The monoisotopic (exact) mass is 208 g/mol. The minimum Gasteiger partial charge on any atom is -0.489 e. The lowest BCUT2D eigenvalue weighted by atomic mass is 10.2. The average Bonchev–Trinajstić information content (AvgIpc) is 2.76. The van der Waals surface area contributed by atoms with Crippen molar-refractivity contribution in [3.8, 4) is 0 Å². The molecule has 2 rings (SSSR count). The smallest absolute Gasteiger partial charge is 0.237 e. The van der Waals surface area contributed by atoms with Crippen LogP contribution in [0.5, 0.6) is 0 Å². The van der Waals surface area contributed by atoms with Crippen molar-refractivity contribution in [1.29, 1.82) is 0 Å². The molecule has 0 aromatic carbocycles. The van der Waals surface area contributed by atoms with Crippen molar-refractivity contribution in [3.63, 3.8) is 0 Å². The van der Waals surface area contributed by atoms with Crippen LogP contribution in [0.4, 0.5) is 0 Å². The van der Waals surface area contributed by atoms with Gasteiger partial charge in [-0.15, -0.1) is 11.3 Å². The van der Waals surface area contributed by atoms with E-state index in [1.165, 1.54) is 21.8 Å². The van der Waals surface area contributed by atoms with E-state index in [-0.39, 0.29) is 5.78 Å². The lowest BCUT2D eigenvalue weighted by molar-refractivity contribution is 0.0946. The zero-order chi connectivity index (χ0) is 10.1. The molecule has 1 aromatic heterocycles. The molecule has 0 saturated carbocycles. The van der Waals surface area contributed by atoms with E-state index in [2.05, 4.69) is 0 Å². The number of carbonyl (C=O) groups excluding carboxylic acids is 1. The second-order valence-corrected chi connectivity index (χ2v) is 4.64. The van der Waals surface area contributed by atoms with Crippen molar-refractivity contribution < 1.29 is 9.53 Å². The molecule has 0 N–H and O–H groups in total. The fraction of sp³-hybridized carbons (Fsp3) is 0.364. The average molecular weight is 208 g/mol. The van der Waals surface area contributed by atoms with E-state index in [9.17, 15) is 4.79 Å². The molecule has 0 unspecified atom stereocenters. The van der Waals surface area contributed by atoms with Gasteiger partial charge in [0.2, 0.25) is 5.78 Å². The van der Waals surface area contributed by atoms with Crippen LogP contribution >= 0.6 is 11.3 Å². The molecule has 0 atom stereocenters. The van der Waals surface area contributed by atoms with Crippen LogP contribution in [0.3, 0.4) is 0 Å². The van der Waals surface area contributed by atoms with Gasteiger partial charge in [0.05, 0.1) is 11.5 Å². The van der Waals surface area contributed by atoms with Gasteiger partial charge in [0.1, 0.15) is 0 Å². The molecule has 0 fully saturated rings. The third kappa shape index (κ3) is 1.60. The highest BCUT2D eigenvalue weighted by Gasteiger charge is 2.19. The van der Waals surface area contributed by atoms with Gasteiger partial charge < -0.3 is 4.74 Å². The van der Waals surface area contributed by atoms with Gasteiger partial charge in [0.25, 0.3) is 0 Å². The van der Waals surface area contributed by atoms with Crippen LogP contribution in [0.2, 0.25) is 0 Å². The lowest BCUT2D eigenvalue weighted by Crippen LogP contribution is -2.01. The van der Waals surface area contributed by atoms with Crippen molar-refractivity contribution in [1.82, 2.24) is 0 Å². The predicted molar refractivity (Wildman–Crippen MR) is 56.8 cm³/mol. The Labute approximate surface area is 87.2 Å². The minimum absolute atomic E-state index is 0.0312. The molecular formula is C11H12O2S. The summed E-state index contributed by atoms with van der Waals surface area (Å²) in [5.74, 6) is 0.551. The van der Waals surface area contributed by atoms with E-state index in [0.717, 1.165) is 11.3 Å². The SMILES string of the molecule is Cc1cc(C(=O)C2=CCCO2)sc1C. The van der Waals surface area contributed by atoms with E-state index >= 15 is 0 Å². The van der Waals surface area contributed by atoms with Crippen molar-refractivity contribution in [2.75, 3.05) is 6.61 Å². The Morgan fingerprint density at radius 3 is 2.79 bits per heavy atom. The summed E-state index contributed by atoms with van der Waals surface area (Å²) in [6.45, 7) is 4.69. The summed E-state index contributed by atoms with van der Waals surface area (Å²) in [7, 11) is 0. The molecule has 0 saturated heterocycles. The summed E-state index contributed by atoms with van der Waals surface area (Å²) in [4.78, 5) is 13.8. The Morgan fingerprint density at radius 2 is 2.29 bits per heavy atom. The van der Waals surface area contributed by atoms with Gasteiger partial charge in [-0.2, -0.15) is 0 Å². The van der Waals surface area contributed by atoms with E-state index in [1.807, 2.05) is 26.0 Å². The van der Waals surface area contributed by atoms with Crippen LogP contribution < -0.4 is 0 Å². The predicted octanol–water partition coefficient (Wildman–Crippen LogP) is 2.85. The van der Waals surface area contributed by atoms with Crippen molar-refractivity contribution >= 4 is 17.1 Å². The number of allylic oxidation sites excluding steroid dienone is 1. The molecule has 74 valence electrons. The summed E-state index contributed by atoms with van der Waals surface area (Å²) in [5, 5.41) is 0. The Morgan fingerprint density at radius 1 is 1.50 bits per heavy atom. The van der Waals surface area contributed by atoms with Crippen LogP contribution in [-0.4, -0.2) is 12.4 Å². The topological polar surface area (TPSA) is 26.3 Å². The highest BCUT2D eigenvalue weighted by Crippen LogP contribution is 2.24. The van der Waals surface area contributed by atoms with Crippen molar-refractivity contribution in [2.45, 2.75) is 20.3 Å². The highest BCUT2D eigenvalue weighted by molar-refractivity contribution is 7.14. The summed E-state index contributed by atoms with van der Waals surface area (Å²) in [6, 6.07) is 1.94. The molecule has 0 radical (unpaired) electrons. The van der Waals surface area contributed by atoms with E-state index in [4.69, 9.17) is 4.74 Å². The standard InChI is InChI=1S/C11H12O2S/c1-7-6-10(14-8(7)2)11(12)9-4-3-5-13-9/h4,6H,3,5H2,1-2H3. The number of Topliss-reactive ketones (excluding diaryl/α,β-unsaturated/α-hetero) is 1. The maximum absolute atomic E-state index is 11.8. The molecule has 0 bridgehead atoms. The minimum atomic E-state index is 0.0312. The van der Waals surface area contributed by atoms with Crippen molar-refractivity contribution in [3.05, 3.63) is 33.2 Å². The molecule has 1 aliphatic rings. The number of carbonyl (C=O) groups is 1. The summed E-state index contributed by atoms with van der Waals surface area (Å²) in [6.07, 6.45) is 2.72. The van der Waals surface area contributed by atoms with Gasteiger partial charge in [-0.25, -0.2) is 0 Å². The molecule has 1 aromatic rings. The first-order chi connectivity index (χ1) is 6.68. The van der Waals surface area contributed by atoms with Gasteiger partial charge >= 0.3 is 0 Å². The number of rotatable bonds is 2. The molecule has 2 heterocycles. The first-order valence-electron chi connectivity index (χ1n) is 4.63. The summed E-state index contributed by atoms with van der Waals surface area (Å²) in [5.41, 5.74) is 1.18. The first kappa shape index (κ1) is 9.46. The van der Waals surface area contributed by atoms with Gasteiger partial charge in [-0.05, 0) is 31.6 Å². The van der Waals surface area contributed by atoms with Gasteiger partial charge in [-0.3, -0.25) is 4.79 Å². The lowest BCUT2D eigenvalue weighted by Gasteiger charge is -1.99. The first-order valence-corrected chi connectivity index (χ1v) is 5.45. The van der Waals surface area contributed by atoms with E-state index < -0.39 is 0 Å². The molecular weight excluding hydrogens is 196 g/mol. The number of hydrogen-bond acceptors (Lipinski definition) is 3.